The van der Waals surface area contributed by atoms with Crippen LogP contribution < -0.4 is 10.6 Å². The van der Waals surface area contributed by atoms with E-state index in [1.54, 1.807) is 13.4 Å². The molecule has 17 heavy (non-hydrogen) atoms. The molecule has 0 saturated heterocycles. The van der Waals surface area contributed by atoms with Crippen LogP contribution >= 0.6 is 24.0 Å². The van der Waals surface area contributed by atoms with Crippen molar-refractivity contribution in [1.82, 2.24) is 25.4 Å². The molecule has 2 N–H and O–H groups in total. The van der Waals surface area contributed by atoms with Crippen molar-refractivity contribution in [2.24, 2.45) is 12.0 Å². The number of rotatable bonds is 5. The van der Waals surface area contributed by atoms with Gasteiger partial charge in [-0.05, 0) is 6.42 Å². The molecule has 0 aliphatic heterocycles. The highest BCUT2D eigenvalue weighted by molar-refractivity contribution is 14.0. The van der Waals surface area contributed by atoms with E-state index in [2.05, 4.69) is 32.7 Å². The Kier molecular flexibility index (Phi) is 8.73. The van der Waals surface area contributed by atoms with Crippen molar-refractivity contribution in [3.8, 4) is 0 Å². The minimum atomic E-state index is 0. The van der Waals surface area contributed by atoms with Gasteiger partial charge in [-0.1, -0.05) is 13.3 Å². The van der Waals surface area contributed by atoms with Gasteiger partial charge in [-0.25, -0.2) is 0 Å². The van der Waals surface area contributed by atoms with Crippen molar-refractivity contribution in [3.63, 3.8) is 0 Å². The van der Waals surface area contributed by atoms with Gasteiger partial charge in [0.15, 0.2) is 11.8 Å². The number of hydrogen-bond donors (Lipinski definition) is 2. The second-order valence-electron chi connectivity index (χ2n) is 3.56. The standard InChI is InChI=1S/C10H20N6.HI/c1-4-5-6-12-10(11-2)13-7-9-15-14-8-16(9)3;/h8H,4-7H2,1-3H3,(H2,11,12,13);1H. The number of aliphatic imine (C=N–C) groups is 1. The quantitative estimate of drug-likeness (QED) is 0.358. The lowest BCUT2D eigenvalue weighted by Crippen LogP contribution is -2.37. The zero-order chi connectivity index (χ0) is 11.8. The van der Waals surface area contributed by atoms with Crippen LogP contribution in [0.15, 0.2) is 11.3 Å². The fraction of sp³-hybridized carbons (Fsp3) is 0.700. The molecular weight excluding hydrogens is 331 g/mol. The Hall–Kier alpha value is -0.860. The Morgan fingerprint density at radius 3 is 2.76 bits per heavy atom. The highest BCUT2D eigenvalue weighted by Crippen LogP contribution is 1.90. The largest absolute Gasteiger partial charge is 0.356 e. The summed E-state index contributed by atoms with van der Waals surface area (Å²) in [6.45, 7) is 3.73. The fourth-order valence-electron chi connectivity index (χ4n) is 1.23. The third-order valence-electron chi connectivity index (χ3n) is 2.27. The van der Waals surface area contributed by atoms with E-state index in [0.717, 1.165) is 24.7 Å². The van der Waals surface area contributed by atoms with Crippen LogP contribution in [0.1, 0.15) is 25.6 Å². The van der Waals surface area contributed by atoms with Gasteiger partial charge in [0.2, 0.25) is 0 Å². The first-order chi connectivity index (χ1) is 7.77. The second-order valence-corrected chi connectivity index (χ2v) is 3.56. The molecule has 0 atom stereocenters. The molecule has 0 unspecified atom stereocenters. The highest BCUT2D eigenvalue weighted by Gasteiger charge is 2.01. The number of halogens is 1. The zero-order valence-electron chi connectivity index (χ0n) is 10.6. The minimum Gasteiger partial charge on any atom is -0.356 e. The number of aromatic nitrogens is 3. The molecule has 0 bridgehead atoms. The van der Waals surface area contributed by atoms with Crippen LogP contribution in [0.3, 0.4) is 0 Å². The molecule has 0 amide bonds. The molecule has 1 aromatic rings. The van der Waals surface area contributed by atoms with Crippen molar-refractivity contribution in [1.29, 1.82) is 0 Å². The SMILES string of the molecule is CCCCNC(=NC)NCc1nncn1C.I. The van der Waals surface area contributed by atoms with E-state index >= 15 is 0 Å². The summed E-state index contributed by atoms with van der Waals surface area (Å²) >= 11 is 0. The molecule has 1 aromatic heterocycles. The van der Waals surface area contributed by atoms with Crippen LogP contribution in [-0.2, 0) is 13.6 Å². The van der Waals surface area contributed by atoms with Crippen molar-refractivity contribution < 1.29 is 0 Å². The van der Waals surface area contributed by atoms with Gasteiger partial charge in [0, 0.05) is 20.6 Å². The predicted octanol–water partition coefficient (Wildman–Crippen LogP) is 0.898. The molecule has 0 spiro atoms. The van der Waals surface area contributed by atoms with E-state index in [4.69, 9.17) is 0 Å². The number of hydrogen-bond acceptors (Lipinski definition) is 3. The number of guanidine groups is 1. The Bertz CT molecular complexity index is 335. The van der Waals surface area contributed by atoms with Gasteiger partial charge in [0.25, 0.3) is 0 Å². The molecule has 0 aliphatic rings. The molecule has 1 heterocycles. The monoisotopic (exact) mass is 352 g/mol. The van der Waals surface area contributed by atoms with E-state index in [0.29, 0.717) is 6.54 Å². The molecule has 0 radical (unpaired) electrons. The Morgan fingerprint density at radius 1 is 1.47 bits per heavy atom. The smallest absolute Gasteiger partial charge is 0.191 e. The van der Waals surface area contributed by atoms with E-state index in [1.807, 2.05) is 11.6 Å². The molecule has 7 heteroatoms. The second kappa shape index (κ2) is 9.20. The average molecular weight is 352 g/mol. The number of nitrogens with zero attached hydrogens (tertiary/aromatic N) is 4. The van der Waals surface area contributed by atoms with E-state index in [9.17, 15) is 0 Å². The van der Waals surface area contributed by atoms with Crippen molar-refractivity contribution in [2.45, 2.75) is 26.3 Å². The first-order valence-electron chi connectivity index (χ1n) is 5.55. The molecule has 0 aromatic carbocycles. The maximum absolute atomic E-state index is 4.13. The van der Waals surface area contributed by atoms with Gasteiger partial charge in [-0.3, -0.25) is 4.99 Å². The third-order valence-corrected chi connectivity index (χ3v) is 2.27. The molecule has 6 nitrogen and oxygen atoms in total. The first-order valence-corrected chi connectivity index (χ1v) is 5.55. The molecule has 1 rings (SSSR count). The Labute approximate surface area is 119 Å². The van der Waals surface area contributed by atoms with Crippen LogP contribution in [0.25, 0.3) is 0 Å². The van der Waals surface area contributed by atoms with Crippen LogP contribution in [0.5, 0.6) is 0 Å². The van der Waals surface area contributed by atoms with E-state index < -0.39 is 0 Å². The molecule has 0 saturated carbocycles. The molecular formula is C10H21IN6. The highest BCUT2D eigenvalue weighted by atomic mass is 127. The van der Waals surface area contributed by atoms with Crippen LogP contribution in [0, 0.1) is 0 Å². The van der Waals surface area contributed by atoms with Crippen LogP contribution in [-0.4, -0.2) is 34.3 Å². The number of unbranched alkanes of at least 4 members (excludes halogenated alkanes) is 1. The maximum Gasteiger partial charge on any atom is 0.191 e. The van der Waals surface area contributed by atoms with Crippen molar-refractivity contribution >= 4 is 29.9 Å². The number of aryl methyl sites for hydroxylation is 1. The Morgan fingerprint density at radius 2 is 2.24 bits per heavy atom. The lowest BCUT2D eigenvalue weighted by Gasteiger charge is -2.10. The predicted molar refractivity (Wildman–Crippen MR) is 79.5 cm³/mol. The summed E-state index contributed by atoms with van der Waals surface area (Å²) < 4.78 is 1.88. The topological polar surface area (TPSA) is 67.1 Å². The molecule has 0 fully saturated rings. The first kappa shape index (κ1) is 16.1. The van der Waals surface area contributed by atoms with Gasteiger partial charge in [0.1, 0.15) is 6.33 Å². The molecule has 0 aliphatic carbocycles. The lowest BCUT2D eigenvalue weighted by molar-refractivity contribution is 0.703. The van der Waals surface area contributed by atoms with E-state index in [-0.39, 0.29) is 24.0 Å². The zero-order valence-corrected chi connectivity index (χ0v) is 12.9. The maximum atomic E-state index is 4.13. The lowest BCUT2D eigenvalue weighted by atomic mass is 10.3. The summed E-state index contributed by atoms with van der Waals surface area (Å²) in [5.41, 5.74) is 0. The van der Waals surface area contributed by atoms with Gasteiger partial charge >= 0.3 is 0 Å². The van der Waals surface area contributed by atoms with E-state index in [1.165, 1.54) is 6.42 Å². The molecule has 98 valence electrons. The van der Waals surface area contributed by atoms with Gasteiger partial charge in [-0.2, -0.15) is 0 Å². The van der Waals surface area contributed by atoms with Crippen molar-refractivity contribution in [2.75, 3.05) is 13.6 Å². The summed E-state index contributed by atoms with van der Waals surface area (Å²) in [7, 11) is 3.68. The third kappa shape index (κ3) is 5.85. The van der Waals surface area contributed by atoms with Gasteiger partial charge in [-0.15, -0.1) is 34.2 Å². The van der Waals surface area contributed by atoms with Gasteiger partial charge < -0.3 is 15.2 Å². The summed E-state index contributed by atoms with van der Waals surface area (Å²) in [6, 6.07) is 0. The summed E-state index contributed by atoms with van der Waals surface area (Å²) in [5, 5.41) is 14.2. The number of nitrogens with one attached hydrogen (secondary N) is 2. The van der Waals surface area contributed by atoms with Crippen molar-refractivity contribution in [3.05, 3.63) is 12.2 Å². The summed E-state index contributed by atoms with van der Waals surface area (Å²) in [5.74, 6) is 1.69. The van der Waals surface area contributed by atoms with Gasteiger partial charge in [0.05, 0.1) is 6.54 Å². The fourth-order valence-corrected chi connectivity index (χ4v) is 1.23. The Balaban J connectivity index is 0.00000256. The summed E-state index contributed by atoms with van der Waals surface area (Å²) in [4.78, 5) is 4.13. The van der Waals surface area contributed by atoms with Crippen LogP contribution in [0.2, 0.25) is 0 Å². The van der Waals surface area contributed by atoms with Crippen LogP contribution in [0.4, 0.5) is 0 Å². The average Bonchev–Trinajstić information content (AvgIpc) is 2.69. The minimum absolute atomic E-state index is 0. The normalized spacial score (nSPS) is 10.9. The summed E-state index contributed by atoms with van der Waals surface area (Å²) in [6.07, 6.45) is 4.00.